The van der Waals surface area contributed by atoms with Crippen LogP contribution in [0.1, 0.15) is 62.0 Å². The zero-order valence-corrected chi connectivity index (χ0v) is 18.3. The van der Waals surface area contributed by atoms with Crippen molar-refractivity contribution in [2.24, 2.45) is 11.7 Å². The first-order valence-corrected chi connectivity index (χ1v) is 11.7. The maximum Gasteiger partial charge on any atom is 0.220 e. The number of anilines is 1. The molecule has 1 aliphatic heterocycles. The summed E-state index contributed by atoms with van der Waals surface area (Å²) in [7, 11) is 0. The third kappa shape index (κ3) is 3.93. The van der Waals surface area contributed by atoms with Gasteiger partial charge >= 0.3 is 0 Å². The van der Waals surface area contributed by atoms with Crippen molar-refractivity contribution in [3.8, 4) is 0 Å². The number of nitrogens with zero attached hydrogens (tertiary/aromatic N) is 2. The van der Waals surface area contributed by atoms with Crippen LogP contribution in [-0.2, 0) is 24.1 Å². The number of nitrogens with two attached hydrogens (primary N) is 1. The van der Waals surface area contributed by atoms with Crippen LogP contribution in [0.3, 0.4) is 0 Å². The molecule has 3 aromatic rings. The van der Waals surface area contributed by atoms with Gasteiger partial charge in [-0.1, -0.05) is 30.3 Å². The van der Waals surface area contributed by atoms with Gasteiger partial charge in [0.25, 0.3) is 0 Å². The number of aryl methyl sites for hydroxylation is 3. The van der Waals surface area contributed by atoms with E-state index in [-0.39, 0.29) is 11.8 Å². The molecule has 2 heterocycles. The van der Waals surface area contributed by atoms with Gasteiger partial charge in [0, 0.05) is 35.7 Å². The summed E-state index contributed by atoms with van der Waals surface area (Å²) in [5.41, 5.74) is 11.9. The molecule has 162 valence electrons. The number of rotatable bonds is 5. The second-order valence-corrected chi connectivity index (χ2v) is 9.33. The number of aromatic nitrogens is 2. The Morgan fingerprint density at radius 1 is 1.06 bits per heavy atom. The van der Waals surface area contributed by atoms with Crippen molar-refractivity contribution >= 4 is 22.6 Å². The molecule has 1 saturated carbocycles. The molecule has 1 aliphatic carbocycles. The molecule has 31 heavy (non-hydrogen) atoms. The number of imidazole rings is 1. The third-order valence-corrected chi connectivity index (χ3v) is 7.21. The lowest BCUT2D eigenvalue weighted by molar-refractivity contribution is -0.122. The molecule has 1 fully saturated rings. The number of carbonyl (C=O) groups excluding carboxylic acids is 1. The molecule has 0 bridgehead atoms. The Balaban J connectivity index is 1.52. The number of fused-ring (bicyclic) bond motifs is 3. The minimum Gasteiger partial charge on any atom is -0.382 e. The van der Waals surface area contributed by atoms with Gasteiger partial charge in [0.1, 0.15) is 5.82 Å². The summed E-state index contributed by atoms with van der Waals surface area (Å²) in [5.74, 6) is 1.05. The van der Waals surface area contributed by atoms with Crippen molar-refractivity contribution in [1.29, 1.82) is 0 Å². The van der Waals surface area contributed by atoms with Crippen LogP contribution in [-0.4, -0.2) is 21.5 Å². The second kappa shape index (κ2) is 8.37. The number of hydrogen-bond acceptors (Lipinski definition) is 3. The van der Waals surface area contributed by atoms with Crippen LogP contribution in [0.4, 0.5) is 5.69 Å². The Hall–Kier alpha value is -2.82. The van der Waals surface area contributed by atoms with E-state index >= 15 is 0 Å². The molecule has 1 amide bonds. The quantitative estimate of drug-likeness (QED) is 0.628. The van der Waals surface area contributed by atoms with Gasteiger partial charge in [0.2, 0.25) is 5.91 Å². The fourth-order valence-corrected chi connectivity index (χ4v) is 5.45. The van der Waals surface area contributed by atoms with Gasteiger partial charge in [-0.3, -0.25) is 4.79 Å². The summed E-state index contributed by atoms with van der Waals surface area (Å²) in [6.45, 7) is 2.24. The van der Waals surface area contributed by atoms with Gasteiger partial charge < -0.3 is 15.6 Å². The maximum atomic E-state index is 11.7. The molecule has 2 aliphatic rings. The van der Waals surface area contributed by atoms with Gasteiger partial charge in [-0.05, 0) is 69.6 Å². The summed E-state index contributed by atoms with van der Waals surface area (Å²) in [6, 6.07) is 16.0. The van der Waals surface area contributed by atoms with Crippen molar-refractivity contribution in [2.45, 2.75) is 70.4 Å². The molecule has 0 saturated heterocycles. The number of carbonyl (C=O) groups is 1. The topological polar surface area (TPSA) is 72.9 Å². The minimum absolute atomic E-state index is 0.0252. The maximum absolute atomic E-state index is 11.7. The average Bonchev–Trinajstić information content (AvgIpc) is 3.17. The molecular formula is C26H32N4O. The Bertz CT molecular complexity index is 1080. The van der Waals surface area contributed by atoms with Crippen LogP contribution >= 0.6 is 0 Å². The summed E-state index contributed by atoms with van der Waals surface area (Å²) in [5, 5.41) is 3.64. The van der Waals surface area contributed by atoms with Crippen LogP contribution in [0.15, 0.2) is 42.5 Å². The molecule has 1 aromatic heterocycles. The van der Waals surface area contributed by atoms with E-state index in [2.05, 4.69) is 59.3 Å². The molecule has 0 spiro atoms. The van der Waals surface area contributed by atoms with Crippen LogP contribution in [0.5, 0.6) is 0 Å². The average molecular weight is 417 g/mol. The molecule has 0 unspecified atom stereocenters. The molecule has 5 nitrogen and oxygen atoms in total. The van der Waals surface area contributed by atoms with Crippen molar-refractivity contribution in [3.05, 3.63) is 59.4 Å². The van der Waals surface area contributed by atoms with E-state index in [9.17, 15) is 4.79 Å². The Labute approximate surface area is 184 Å². The summed E-state index contributed by atoms with van der Waals surface area (Å²) >= 11 is 0. The van der Waals surface area contributed by atoms with Crippen molar-refractivity contribution in [2.75, 3.05) is 5.32 Å². The summed E-state index contributed by atoms with van der Waals surface area (Å²) in [4.78, 5) is 16.9. The molecule has 1 atom stereocenters. The summed E-state index contributed by atoms with van der Waals surface area (Å²) < 4.78 is 2.49. The number of hydrogen-bond donors (Lipinski definition) is 2. The van der Waals surface area contributed by atoms with E-state index in [4.69, 9.17) is 10.7 Å². The zero-order valence-electron chi connectivity index (χ0n) is 18.3. The van der Waals surface area contributed by atoms with Crippen molar-refractivity contribution in [3.63, 3.8) is 0 Å². The van der Waals surface area contributed by atoms with Crippen molar-refractivity contribution in [1.82, 2.24) is 9.55 Å². The largest absolute Gasteiger partial charge is 0.382 e. The van der Waals surface area contributed by atoms with Crippen LogP contribution in [0, 0.1) is 5.92 Å². The van der Waals surface area contributed by atoms with Crippen molar-refractivity contribution < 1.29 is 4.79 Å². The molecular weight excluding hydrogens is 384 g/mol. The van der Waals surface area contributed by atoms with E-state index in [0.29, 0.717) is 12.1 Å². The molecule has 2 aromatic carbocycles. The monoisotopic (exact) mass is 416 g/mol. The van der Waals surface area contributed by atoms with E-state index in [1.54, 1.807) is 0 Å². The summed E-state index contributed by atoms with van der Waals surface area (Å²) in [6.07, 6.45) is 7.86. The fourth-order valence-electron chi connectivity index (χ4n) is 5.45. The number of benzene rings is 2. The number of nitrogens with one attached hydrogen (secondary N) is 1. The number of amides is 1. The van der Waals surface area contributed by atoms with Gasteiger partial charge in [-0.15, -0.1) is 0 Å². The predicted molar refractivity (Wildman–Crippen MR) is 125 cm³/mol. The van der Waals surface area contributed by atoms with Gasteiger partial charge in [0.15, 0.2) is 0 Å². The van der Waals surface area contributed by atoms with Gasteiger partial charge in [-0.2, -0.15) is 0 Å². The lowest BCUT2D eigenvalue weighted by Gasteiger charge is -2.29. The highest BCUT2D eigenvalue weighted by molar-refractivity contribution is 5.86. The predicted octanol–water partition coefficient (Wildman–Crippen LogP) is 4.78. The van der Waals surface area contributed by atoms with Gasteiger partial charge in [-0.25, -0.2) is 4.98 Å². The van der Waals surface area contributed by atoms with E-state index in [1.807, 2.05) is 0 Å². The first-order valence-electron chi connectivity index (χ1n) is 11.7. The second-order valence-electron chi connectivity index (χ2n) is 9.33. The molecule has 5 heteroatoms. The lowest BCUT2D eigenvalue weighted by Crippen LogP contribution is -2.29. The normalized spacial score (nSPS) is 23.3. The van der Waals surface area contributed by atoms with E-state index in [0.717, 1.165) is 56.9 Å². The standard InChI is InChI=1S/C26H32N4O/c1-17-7-13-21-22(28-17)14-15-23-25(21)29-24(16-8-18-5-3-2-4-6-18)30(23)20-11-9-19(10-12-20)26(27)31/h2-6,14-15,17,19-20,28H,7-13,16H2,1H3,(H2,27,31)/t17-,19?,20?/m0/s1. The minimum atomic E-state index is -0.146. The number of primary amides is 1. The third-order valence-electron chi connectivity index (χ3n) is 7.21. The van der Waals surface area contributed by atoms with E-state index < -0.39 is 0 Å². The highest BCUT2D eigenvalue weighted by Gasteiger charge is 2.29. The van der Waals surface area contributed by atoms with Crippen LogP contribution < -0.4 is 11.1 Å². The first-order chi connectivity index (χ1) is 15.1. The van der Waals surface area contributed by atoms with Gasteiger partial charge in [0.05, 0.1) is 11.0 Å². The first kappa shape index (κ1) is 20.1. The molecule has 3 N–H and O–H groups in total. The fraction of sp³-hybridized carbons (Fsp3) is 0.462. The smallest absolute Gasteiger partial charge is 0.220 e. The highest BCUT2D eigenvalue weighted by Crippen LogP contribution is 2.38. The highest BCUT2D eigenvalue weighted by atomic mass is 16.1. The van der Waals surface area contributed by atoms with Crippen LogP contribution in [0.2, 0.25) is 0 Å². The van der Waals surface area contributed by atoms with E-state index in [1.165, 1.54) is 28.2 Å². The Morgan fingerprint density at radius 3 is 2.58 bits per heavy atom. The van der Waals surface area contributed by atoms with Crippen LogP contribution in [0.25, 0.3) is 11.0 Å². The molecule has 5 rings (SSSR count). The SMILES string of the molecule is C[C@H]1CCc2c(ccc3c2nc(CCc2ccccc2)n3C2CCC(C(N)=O)CC2)N1. The Kier molecular flexibility index (Phi) is 5.43. The zero-order chi connectivity index (χ0) is 21.4. The Morgan fingerprint density at radius 2 is 1.84 bits per heavy atom. The lowest BCUT2D eigenvalue weighted by atomic mass is 9.85. The molecule has 0 radical (unpaired) electrons.